The Hall–Kier alpha value is -2.50. The number of urea groups is 1. The summed E-state index contributed by atoms with van der Waals surface area (Å²) in [6.07, 6.45) is 4.00. The van der Waals surface area contributed by atoms with Gasteiger partial charge in [-0.3, -0.25) is 4.98 Å². The van der Waals surface area contributed by atoms with E-state index in [9.17, 15) is 13.6 Å². The molecule has 0 atom stereocenters. The summed E-state index contributed by atoms with van der Waals surface area (Å²) in [6.45, 7) is 0.398. The van der Waals surface area contributed by atoms with Crippen molar-refractivity contribution in [2.24, 2.45) is 0 Å². The molecule has 0 aliphatic heterocycles. The molecule has 0 aliphatic carbocycles. The predicted octanol–water partition coefficient (Wildman–Crippen LogP) is 2.72. The summed E-state index contributed by atoms with van der Waals surface area (Å²) in [5.74, 6) is -1.48. The van der Waals surface area contributed by atoms with Crippen LogP contribution >= 0.6 is 0 Å². The Morgan fingerprint density at radius 1 is 1.20 bits per heavy atom. The normalized spacial score (nSPS) is 10.1. The highest BCUT2D eigenvalue weighted by Gasteiger charge is 2.04. The summed E-state index contributed by atoms with van der Waals surface area (Å²) in [6, 6.07) is 6.03. The summed E-state index contributed by atoms with van der Waals surface area (Å²) >= 11 is 0. The SMILES string of the molecule is O=C(NCCc1cccnc1)Nc1cc(F)cc(F)c1. The Balaban J connectivity index is 1.81. The van der Waals surface area contributed by atoms with Gasteiger partial charge in [0.1, 0.15) is 11.6 Å². The fourth-order valence-corrected chi connectivity index (χ4v) is 1.67. The summed E-state index contributed by atoms with van der Waals surface area (Å²) in [7, 11) is 0. The molecule has 0 unspecified atom stereocenters. The minimum Gasteiger partial charge on any atom is -0.338 e. The summed E-state index contributed by atoms with van der Waals surface area (Å²) < 4.78 is 25.9. The number of nitrogens with one attached hydrogen (secondary N) is 2. The second kappa shape index (κ2) is 6.60. The highest BCUT2D eigenvalue weighted by molar-refractivity contribution is 5.89. The minimum atomic E-state index is -0.740. The smallest absolute Gasteiger partial charge is 0.319 e. The van der Waals surface area contributed by atoms with Crippen LogP contribution in [0.5, 0.6) is 0 Å². The van der Waals surface area contributed by atoms with Crippen LogP contribution in [0.4, 0.5) is 19.3 Å². The molecule has 2 N–H and O–H groups in total. The minimum absolute atomic E-state index is 0.0707. The van der Waals surface area contributed by atoms with Crippen molar-refractivity contribution in [3.8, 4) is 0 Å². The van der Waals surface area contributed by atoms with E-state index in [1.54, 1.807) is 12.4 Å². The molecule has 0 fully saturated rings. The molecule has 2 amide bonds. The monoisotopic (exact) mass is 277 g/mol. The van der Waals surface area contributed by atoms with E-state index < -0.39 is 17.7 Å². The van der Waals surface area contributed by atoms with Gasteiger partial charge in [-0.05, 0) is 30.2 Å². The number of pyridine rings is 1. The zero-order valence-electron chi connectivity index (χ0n) is 10.6. The Labute approximate surface area is 114 Å². The van der Waals surface area contributed by atoms with Gasteiger partial charge in [0.2, 0.25) is 0 Å². The van der Waals surface area contributed by atoms with Crippen LogP contribution in [0.25, 0.3) is 0 Å². The molecule has 0 radical (unpaired) electrons. The molecular weight excluding hydrogens is 264 g/mol. The van der Waals surface area contributed by atoms with E-state index in [-0.39, 0.29) is 5.69 Å². The van der Waals surface area contributed by atoms with Crippen LogP contribution in [0.2, 0.25) is 0 Å². The topological polar surface area (TPSA) is 54.0 Å². The molecule has 104 valence electrons. The number of halogens is 2. The summed E-state index contributed by atoms with van der Waals surface area (Å²) in [4.78, 5) is 15.5. The fourth-order valence-electron chi connectivity index (χ4n) is 1.67. The van der Waals surface area contributed by atoms with Crippen LogP contribution in [0, 0.1) is 11.6 Å². The second-order valence-electron chi connectivity index (χ2n) is 4.15. The second-order valence-corrected chi connectivity index (χ2v) is 4.15. The van der Waals surface area contributed by atoms with Gasteiger partial charge in [-0.15, -0.1) is 0 Å². The van der Waals surface area contributed by atoms with Crippen LogP contribution < -0.4 is 10.6 Å². The third-order valence-corrected chi connectivity index (χ3v) is 2.54. The molecule has 1 aromatic heterocycles. The number of hydrogen-bond acceptors (Lipinski definition) is 2. The zero-order chi connectivity index (χ0) is 14.4. The molecule has 4 nitrogen and oxygen atoms in total. The molecule has 0 bridgehead atoms. The molecular formula is C14H13F2N3O. The Morgan fingerprint density at radius 2 is 1.95 bits per heavy atom. The van der Waals surface area contributed by atoms with Crippen molar-refractivity contribution in [2.75, 3.05) is 11.9 Å². The van der Waals surface area contributed by atoms with E-state index in [0.717, 1.165) is 23.8 Å². The number of carbonyl (C=O) groups is 1. The van der Waals surface area contributed by atoms with Gasteiger partial charge in [0.25, 0.3) is 0 Å². The maximum absolute atomic E-state index is 12.9. The molecule has 0 spiro atoms. The molecule has 2 aromatic rings. The van der Waals surface area contributed by atoms with Gasteiger partial charge in [-0.25, -0.2) is 13.6 Å². The number of anilines is 1. The van der Waals surface area contributed by atoms with E-state index in [4.69, 9.17) is 0 Å². The number of carbonyl (C=O) groups excluding carboxylic acids is 1. The van der Waals surface area contributed by atoms with Crippen LogP contribution in [0.1, 0.15) is 5.56 Å². The first-order valence-electron chi connectivity index (χ1n) is 6.03. The number of rotatable bonds is 4. The van der Waals surface area contributed by atoms with E-state index in [2.05, 4.69) is 15.6 Å². The van der Waals surface area contributed by atoms with Gasteiger partial charge >= 0.3 is 6.03 Å². The average Bonchev–Trinajstić information content (AvgIpc) is 2.38. The van der Waals surface area contributed by atoms with Crippen LogP contribution in [0.15, 0.2) is 42.7 Å². The lowest BCUT2D eigenvalue weighted by Crippen LogP contribution is -2.30. The quantitative estimate of drug-likeness (QED) is 0.902. The lowest BCUT2D eigenvalue weighted by Gasteiger charge is -2.07. The van der Waals surface area contributed by atoms with E-state index >= 15 is 0 Å². The summed E-state index contributed by atoms with van der Waals surface area (Å²) in [5.41, 5.74) is 1.06. The number of aromatic nitrogens is 1. The van der Waals surface area contributed by atoms with Crippen LogP contribution in [0.3, 0.4) is 0 Å². The third-order valence-electron chi connectivity index (χ3n) is 2.54. The van der Waals surface area contributed by atoms with Gasteiger partial charge in [0, 0.05) is 30.7 Å². The zero-order valence-corrected chi connectivity index (χ0v) is 10.6. The number of benzene rings is 1. The van der Waals surface area contributed by atoms with Crippen LogP contribution in [-0.2, 0) is 6.42 Å². The number of hydrogen-bond donors (Lipinski definition) is 2. The van der Waals surface area contributed by atoms with Crippen molar-refractivity contribution in [3.63, 3.8) is 0 Å². The van der Waals surface area contributed by atoms with E-state index in [1.165, 1.54) is 0 Å². The average molecular weight is 277 g/mol. The Kier molecular flexibility index (Phi) is 4.60. The van der Waals surface area contributed by atoms with Gasteiger partial charge in [0.05, 0.1) is 0 Å². The van der Waals surface area contributed by atoms with Gasteiger partial charge in [-0.1, -0.05) is 6.07 Å². The molecule has 0 aliphatic rings. The maximum Gasteiger partial charge on any atom is 0.319 e. The van der Waals surface area contributed by atoms with E-state index in [0.29, 0.717) is 13.0 Å². The Morgan fingerprint density at radius 3 is 2.60 bits per heavy atom. The third kappa shape index (κ3) is 4.31. The first-order chi connectivity index (χ1) is 9.63. The molecule has 1 aromatic carbocycles. The molecule has 0 saturated heterocycles. The van der Waals surface area contributed by atoms with E-state index in [1.807, 2.05) is 12.1 Å². The predicted molar refractivity (Wildman–Crippen MR) is 71.3 cm³/mol. The largest absolute Gasteiger partial charge is 0.338 e. The van der Waals surface area contributed by atoms with Gasteiger partial charge in [0.15, 0.2) is 0 Å². The van der Waals surface area contributed by atoms with Crippen molar-refractivity contribution in [1.29, 1.82) is 0 Å². The van der Waals surface area contributed by atoms with Crippen molar-refractivity contribution < 1.29 is 13.6 Å². The molecule has 6 heteroatoms. The molecule has 1 heterocycles. The highest BCUT2D eigenvalue weighted by Crippen LogP contribution is 2.12. The Bertz CT molecular complexity index is 570. The van der Waals surface area contributed by atoms with Crippen molar-refractivity contribution in [1.82, 2.24) is 10.3 Å². The van der Waals surface area contributed by atoms with Gasteiger partial charge < -0.3 is 10.6 Å². The van der Waals surface area contributed by atoms with Crippen molar-refractivity contribution >= 4 is 11.7 Å². The highest BCUT2D eigenvalue weighted by atomic mass is 19.1. The number of amides is 2. The van der Waals surface area contributed by atoms with Crippen molar-refractivity contribution in [2.45, 2.75) is 6.42 Å². The maximum atomic E-state index is 12.9. The molecule has 0 saturated carbocycles. The standard InChI is InChI=1S/C14H13F2N3O/c15-11-6-12(16)8-13(7-11)19-14(20)18-5-3-10-2-1-4-17-9-10/h1-2,4,6-9H,3,5H2,(H2,18,19,20). The molecule has 2 rings (SSSR count). The lowest BCUT2D eigenvalue weighted by molar-refractivity contribution is 0.252. The summed E-state index contributed by atoms with van der Waals surface area (Å²) in [5, 5.41) is 4.96. The first kappa shape index (κ1) is 13.9. The lowest BCUT2D eigenvalue weighted by atomic mass is 10.2. The number of nitrogens with zero attached hydrogens (tertiary/aromatic N) is 1. The fraction of sp³-hybridized carbons (Fsp3) is 0.143. The molecule has 20 heavy (non-hydrogen) atoms. The van der Waals surface area contributed by atoms with Gasteiger partial charge in [-0.2, -0.15) is 0 Å². The van der Waals surface area contributed by atoms with Crippen molar-refractivity contribution in [3.05, 3.63) is 59.9 Å². The van der Waals surface area contributed by atoms with Crippen LogP contribution in [-0.4, -0.2) is 17.6 Å². The first-order valence-corrected chi connectivity index (χ1v) is 6.03.